The molecule has 0 saturated heterocycles. The number of rotatable bonds is 1. The molecule has 7 heteroatoms. The molecule has 2 fully saturated rings. The average Bonchev–Trinajstić information content (AvgIpc) is 3.40. The van der Waals surface area contributed by atoms with Crippen molar-refractivity contribution in [3.05, 3.63) is 72.5 Å². The van der Waals surface area contributed by atoms with Crippen LogP contribution in [0.2, 0.25) is 0 Å². The van der Waals surface area contributed by atoms with Gasteiger partial charge in [-0.3, -0.25) is 0 Å². The molecular formula is C22H26Cl2F4Zr. The number of hydrogen-bond acceptors (Lipinski definition) is 0. The van der Waals surface area contributed by atoms with E-state index in [-0.39, 0.29) is 24.8 Å². The van der Waals surface area contributed by atoms with Gasteiger partial charge >= 0.3 is 37.9 Å². The zero-order valence-corrected chi connectivity index (χ0v) is 20.6. The third-order valence-corrected chi connectivity index (χ3v) is 5.53. The minimum atomic E-state index is -1.57. The molecule has 0 heterocycles. The molecule has 0 bridgehead atoms. The minimum absolute atomic E-state index is 0. The molecule has 4 rings (SSSR count). The number of benzene rings is 1. The van der Waals surface area contributed by atoms with Crippen molar-refractivity contribution >= 4 is 17.0 Å². The van der Waals surface area contributed by atoms with Crippen molar-refractivity contribution in [2.45, 2.75) is 51.4 Å². The standard InChI is InChI=1S/C16H14F4.C5H9.CH3.2ClH.Zr/c1-8-13(17)12(15(19)16(20)14(8)18)11-7-6-9-4-2-3-5-10(9)11;1-2-4-5-3-1;;;;/h2-5,9-11H,6-7H2,1H3;1H,2-5H2;1H3;2*1H;/q;2*-1;;;+4/p-2. The van der Waals surface area contributed by atoms with Crippen molar-refractivity contribution in [1.29, 1.82) is 0 Å². The van der Waals surface area contributed by atoms with Crippen LogP contribution in [-0.4, -0.2) is 0 Å². The third kappa shape index (κ3) is 6.68. The topological polar surface area (TPSA) is 0 Å². The molecule has 0 aromatic heterocycles. The predicted molar refractivity (Wildman–Crippen MR) is 109 cm³/mol. The quantitative estimate of drug-likeness (QED) is 0.149. The summed E-state index contributed by atoms with van der Waals surface area (Å²) in [5.74, 6) is -5.59. The van der Waals surface area contributed by atoms with Crippen LogP contribution < -0.4 is 0 Å². The second-order valence-corrected chi connectivity index (χ2v) is 10.9. The van der Waals surface area contributed by atoms with Crippen molar-refractivity contribution in [1.82, 2.24) is 0 Å². The molecule has 3 unspecified atom stereocenters. The van der Waals surface area contributed by atoms with Gasteiger partial charge in [0.2, 0.25) is 0 Å². The van der Waals surface area contributed by atoms with E-state index in [9.17, 15) is 17.6 Å². The van der Waals surface area contributed by atoms with Gasteiger partial charge in [0.15, 0.2) is 17.5 Å². The maximum atomic E-state index is 14.2. The fourth-order valence-corrected chi connectivity index (χ4v) is 4.11. The van der Waals surface area contributed by atoms with E-state index < -0.39 is 55.6 Å². The van der Waals surface area contributed by atoms with Crippen LogP contribution in [0.25, 0.3) is 0 Å². The molecule has 3 aliphatic carbocycles. The molecule has 3 aliphatic rings. The van der Waals surface area contributed by atoms with E-state index in [1.54, 1.807) is 0 Å². The molecule has 1 aromatic carbocycles. The Bertz CT molecular complexity index is 681. The molecule has 0 N–H and O–H groups in total. The molecule has 0 radical (unpaired) electrons. The van der Waals surface area contributed by atoms with E-state index >= 15 is 0 Å². The Labute approximate surface area is 190 Å². The first kappa shape index (κ1) is 26.9. The Morgan fingerprint density at radius 3 is 2.03 bits per heavy atom. The first-order chi connectivity index (χ1) is 13.4. The summed E-state index contributed by atoms with van der Waals surface area (Å²) in [6, 6.07) is 0. The van der Waals surface area contributed by atoms with Crippen LogP contribution in [-0.2, 0) is 20.8 Å². The predicted octanol–water partition coefficient (Wildman–Crippen LogP) is 8.38. The summed E-state index contributed by atoms with van der Waals surface area (Å²) in [4.78, 5) is 0. The zero-order valence-electron chi connectivity index (χ0n) is 16.6. The van der Waals surface area contributed by atoms with Gasteiger partial charge in [-0.15, -0.1) is 0 Å². The number of halogens is 6. The van der Waals surface area contributed by atoms with Crippen LogP contribution >= 0.6 is 17.0 Å². The normalized spacial score (nSPS) is 23.8. The van der Waals surface area contributed by atoms with Crippen molar-refractivity contribution in [2.24, 2.45) is 11.8 Å². The van der Waals surface area contributed by atoms with Gasteiger partial charge in [-0.05, 0) is 37.5 Å². The van der Waals surface area contributed by atoms with E-state index in [1.165, 1.54) is 25.7 Å². The summed E-state index contributed by atoms with van der Waals surface area (Å²) in [6.45, 7) is 1.14. The molecule has 0 aliphatic heterocycles. The first-order valence-corrected chi connectivity index (χ1v) is 15.7. The zero-order chi connectivity index (χ0) is 20.7. The molecule has 2 saturated carbocycles. The SMILES string of the molecule is Cc1c(F)c(F)c(F)c(C2CCC3C=CC=CC32)c1F.[CH-]1CCCC1.[CH3-].[Cl][Zr+2][Cl]. The number of fused-ring (bicyclic) bond motifs is 1. The van der Waals surface area contributed by atoms with Gasteiger partial charge in [-0.1, -0.05) is 37.1 Å². The van der Waals surface area contributed by atoms with Crippen molar-refractivity contribution in [3.8, 4) is 0 Å². The van der Waals surface area contributed by atoms with Crippen LogP contribution in [0.4, 0.5) is 17.6 Å². The monoisotopic (exact) mass is 526 g/mol. The van der Waals surface area contributed by atoms with Gasteiger partial charge in [-0.2, -0.15) is 12.8 Å². The molecule has 160 valence electrons. The summed E-state index contributed by atoms with van der Waals surface area (Å²) in [6.07, 6.45) is 17.0. The summed E-state index contributed by atoms with van der Waals surface area (Å²) in [7, 11) is 9.87. The number of allylic oxidation sites excluding steroid dienone is 4. The van der Waals surface area contributed by atoms with Gasteiger partial charge in [0.25, 0.3) is 0 Å². The fraction of sp³-hybridized carbons (Fsp3) is 0.455. The average molecular weight is 529 g/mol. The molecule has 0 nitrogen and oxygen atoms in total. The second kappa shape index (κ2) is 13.3. The van der Waals surface area contributed by atoms with Crippen LogP contribution in [0, 0.1) is 55.9 Å². The van der Waals surface area contributed by atoms with Crippen molar-refractivity contribution < 1.29 is 38.4 Å². The third-order valence-electron chi connectivity index (χ3n) is 5.53. The molecule has 3 atom stereocenters. The Hall–Kier alpha value is -0.117. The molecule has 29 heavy (non-hydrogen) atoms. The van der Waals surface area contributed by atoms with Crippen LogP contribution in [0.1, 0.15) is 55.6 Å². The first-order valence-electron chi connectivity index (χ1n) is 9.39. The maximum absolute atomic E-state index is 14.2. The Balaban J connectivity index is 0.000000396. The Kier molecular flexibility index (Phi) is 12.4. The second-order valence-electron chi connectivity index (χ2n) is 7.13. The molecule has 1 aromatic rings. The number of hydrogen-bond donors (Lipinski definition) is 0. The molecule has 0 amide bonds. The van der Waals surface area contributed by atoms with E-state index in [4.69, 9.17) is 17.0 Å². The van der Waals surface area contributed by atoms with Gasteiger partial charge < -0.3 is 13.8 Å². The molecular weight excluding hydrogens is 502 g/mol. The van der Waals surface area contributed by atoms with Crippen molar-refractivity contribution in [2.75, 3.05) is 0 Å². The van der Waals surface area contributed by atoms with Crippen molar-refractivity contribution in [3.63, 3.8) is 0 Å². The van der Waals surface area contributed by atoms with Gasteiger partial charge in [-0.25, -0.2) is 17.6 Å². The van der Waals surface area contributed by atoms with E-state index in [2.05, 4.69) is 6.42 Å². The van der Waals surface area contributed by atoms with E-state index in [1.807, 2.05) is 24.3 Å². The Morgan fingerprint density at radius 2 is 1.48 bits per heavy atom. The summed E-state index contributed by atoms with van der Waals surface area (Å²) in [5, 5.41) is 0. The summed E-state index contributed by atoms with van der Waals surface area (Å²) >= 11 is -0.826. The van der Waals surface area contributed by atoms with Crippen LogP contribution in [0.15, 0.2) is 24.3 Å². The van der Waals surface area contributed by atoms with E-state index in [0.717, 1.165) is 13.3 Å². The fourth-order valence-electron chi connectivity index (χ4n) is 4.11. The van der Waals surface area contributed by atoms with Crippen LogP contribution in [0.3, 0.4) is 0 Å². The summed E-state index contributed by atoms with van der Waals surface area (Å²) in [5.41, 5.74) is -0.744. The van der Waals surface area contributed by atoms with E-state index in [0.29, 0.717) is 6.42 Å². The van der Waals surface area contributed by atoms with Gasteiger partial charge in [0.05, 0.1) is 0 Å². The van der Waals surface area contributed by atoms with Gasteiger partial charge in [0.1, 0.15) is 5.82 Å². The van der Waals surface area contributed by atoms with Gasteiger partial charge in [0, 0.05) is 11.1 Å². The van der Waals surface area contributed by atoms with Crippen LogP contribution in [0.5, 0.6) is 0 Å². The molecule has 0 spiro atoms. The summed E-state index contributed by atoms with van der Waals surface area (Å²) < 4.78 is 55.2. The Morgan fingerprint density at radius 1 is 0.897 bits per heavy atom.